The van der Waals surface area contributed by atoms with E-state index in [2.05, 4.69) is 27.7 Å². The molecule has 7 rings (SSSR count). The van der Waals surface area contributed by atoms with Crippen LogP contribution < -0.4 is 0 Å². The Morgan fingerprint density at radius 2 is 1.50 bits per heavy atom. The van der Waals surface area contributed by atoms with Crippen molar-refractivity contribution in [1.82, 2.24) is 0 Å². The molecule has 0 aromatic heterocycles. The summed E-state index contributed by atoms with van der Waals surface area (Å²) in [4.78, 5) is 0. The summed E-state index contributed by atoms with van der Waals surface area (Å²) >= 11 is 0. The molecule has 0 aromatic carbocycles. The first-order valence-electron chi connectivity index (χ1n) is 17.4. The van der Waals surface area contributed by atoms with Crippen LogP contribution in [0.4, 0.5) is 0 Å². The fourth-order valence-electron chi connectivity index (χ4n) is 13.5. The zero-order chi connectivity index (χ0) is 31.9. The van der Waals surface area contributed by atoms with E-state index in [-0.39, 0.29) is 53.0 Å². The van der Waals surface area contributed by atoms with Gasteiger partial charge in [-0.15, -0.1) is 0 Å². The fraction of sp³-hybridized carbons (Fsp3) is 1.00. The molecule has 2 aliphatic heterocycles. The van der Waals surface area contributed by atoms with E-state index in [0.29, 0.717) is 18.3 Å². The van der Waals surface area contributed by atoms with Crippen LogP contribution in [0.3, 0.4) is 0 Å². The van der Waals surface area contributed by atoms with Crippen LogP contribution in [0.5, 0.6) is 0 Å². The lowest BCUT2D eigenvalue weighted by Crippen LogP contribution is -2.62. The van der Waals surface area contributed by atoms with Crippen LogP contribution in [0.2, 0.25) is 0 Å². The molecule has 252 valence electrons. The Morgan fingerprint density at radius 1 is 0.818 bits per heavy atom. The number of aliphatic hydroxyl groups is 6. The third kappa shape index (κ3) is 3.97. The molecule has 7 fully saturated rings. The molecule has 0 aromatic rings. The Bertz CT molecular complexity index is 1140. The SMILES string of the molecule is CC(C)(O)[C@@H]1CC[C@](C)([C@@H]2[C@@H](O)C[C@@]3(C)[C@@H]4CC[C@@H]5C(C)(C)[C@@H](O[C@@H]6OC[C@@H](O)[C@H](O)[C@H]6O)CC[C@@]56C[C@@]46CC[C@]23CO)O1. The monoisotopic (exact) mass is 622 g/mol. The smallest absolute Gasteiger partial charge is 0.186 e. The molecule has 15 atom stereocenters. The predicted molar refractivity (Wildman–Crippen MR) is 161 cm³/mol. The van der Waals surface area contributed by atoms with Crippen LogP contribution in [-0.4, -0.2) is 98.0 Å². The summed E-state index contributed by atoms with van der Waals surface area (Å²) in [7, 11) is 0. The molecular formula is C35H58O9. The van der Waals surface area contributed by atoms with Gasteiger partial charge in [0, 0.05) is 17.9 Å². The lowest BCUT2D eigenvalue weighted by molar-refractivity contribution is -0.303. The van der Waals surface area contributed by atoms with Crippen LogP contribution >= 0.6 is 0 Å². The second kappa shape index (κ2) is 9.85. The molecule has 0 unspecified atom stereocenters. The Hall–Kier alpha value is -0.360. The van der Waals surface area contributed by atoms with Gasteiger partial charge in [0.1, 0.15) is 18.3 Å². The maximum atomic E-state index is 11.9. The van der Waals surface area contributed by atoms with E-state index in [1.165, 1.54) is 6.42 Å². The standard InChI is InChI=1S/C35H58O9/c1-29(2)21-7-8-22-31(5)15-19(37)27(32(6)11-9-24(44-32)30(3,4)41)35(31,18-36)14-13-34(22)17-33(21,34)12-10-23(29)43-28-26(40)25(39)20(38)16-42-28/h19-28,36-41H,7-18H2,1-6H3/t19-,20+,21+,22-,23-,24-,25-,26+,27-,28-,31-,32+,33+,34-,35-/m0/s1. The number of aliphatic hydroxyl groups excluding tert-OH is 5. The number of rotatable bonds is 5. The number of hydrogen-bond acceptors (Lipinski definition) is 9. The van der Waals surface area contributed by atoms with Crippen LogP contribution in [0.15, 0.2) is 0 Å². The summed E-state index contributed by atoms with van der Waals surface area (Å²) in [6, 6.07) is 0. The number of fused-ring (bicyclic) bond motifs is 2. The van der Waals surface area contributed by atoms with E-state index in [1.807, 2.05) is 0 Å². The first-order valence-corrected chi connectivity index (χ1v) is 17.4. The predicted octanol–water partition coefficient (Wildman–Crippen LogP) is 2.90. The summed E-state index contributed by atoms with van der Waals surface area (Å²) in [5.41, 5.74) is -1.98. The average Bonchev–Trinajstić information content (AvgIpc) is 3.30. The molecule has 0 amide bonds. The van der Waals surface area contributed by atoms with Crippen molar-refractivity contribution in [2.24, 2.45) is 44.8 Å². The van der Waals surface area contributed by atoms with Gasteiger partial charge in [-0.05, 0) is 118 Å². The van der Waals surface area contributed by atoms with Crippen molar-refractivity contribution in [3.8, 4) is 0 Å². The van der Waals surface area contributed by atoms with Gasteiger partial charge >= 0.3 is 0 Å². The topological polar surface area (TPSA) is 149 Å². The van der Waals surface area contributed by atoms with Crippen LogP contribution in [0.1, 0.15) is 106 Å². The van der Waals surface area contributed by atoms with Crippen LogP contribution in [0, 0.1) is 44.8 Å². The van der Waals surface area contributed by atoms with Gasteiger partial charge in [0.25, 0.3) is 0 Å². The molecular weight excluding hydrogens is 564 g/mol. The van der Waals surface area contributed by atoms with Crippen molar-refractivity contribution in [2.75, 3.05) is 13.2 Å². The van der Waals surface area contributed by atoms with Gasteiger partial charge in [-0.25, -0.2) is 0 Å². The molecule has 9 heteroatoms. The molecule has 9 nitrogen and oxygen atoms in total. The van der Waals surface area contributed by atoms with Crippen molar-refractivity contribution < 1.29 is 44.8 Å². The van der Waals surface area contributed by atoms with E-state index in [1.54, 1.807) is 13.8 Å². The highest BCUT2D eigenvalue weighted by molar-refractivity contribution is 5.32. The maximum Gasteiger partial charge on any atom is 0.186 e. The van der Waals surface area contributed by atoms with Gasteiger partial charge in [0.05, 0.1) is 36.1 Å². The van der Waals surface area contributed by atoms with E-state index >= 15 is 0 Å². The van der Waals surface area contributed by atoms with Crippen molar-refractivity contribution in [1.29, 1.82) is 0 Å². The molecule has 7 aliphatic rings. The highest BCUT2D eigenvalue weighted by Crippen LogP contribution is 2.89. The first-order chi connectivity index (χ1) is 20.4. The average molecular weight is 623 g/mol. The molecule has 44 heavy (non-hydrogen) atoms. The summed E-state index contributed by atoms with van der Waals surface area (Å²) in [5, 5.41) is 64.8. The minimum atomic E-state index is -1.29. The summed E-state index contributed by atoms with van der Waals surface area (Å²) in [6.07, 6.45) is 3.69. The third-order valence-electron chi connectivity index (χ3n) is 15.5. The van der Waals surface area contributed by atoms with Crippen molar-refractivity contribution >= 4 is 0 Å². The normalized spacial score (nSPS) is 58.1. The summed E-state index contributed by atoms with van der Waals surface area (Å²) in [5.74, 6) is 0.672. The highest BCUT2D eigenvalue weighted by Gasteiger charge is 2.84. The number of hydrogen-bond donors (Lipinski definition) is 6. The van der Waals surface area contributed by atoms with E-state index in [4.69, 9.17) is 14.2 Å². The van der Waals surface area contributed by atoms with E-state index < -0.39 is 47.3 Å². The van der Waals surface area contributed by atoms with E-state index in [0.717, 1.165) is 51.4 Å². The molecule has 5 saturated carbocycles. The van der Waals surface area contributed by atoms with Gasteiger partial charge < -0.3 is 44.8 Å². The third-order valence-corrected chi connectivity index (χ3v) is 15.5. The molecule has 2 heterocycles. The van der Waals surface area contributed by atoms with Gasteiger partial charge in [0.2, 0.25) is 0 Å². The largest absolute Gasteiger partial charge is 0.396 e. The first kappa shape index (κ1) is 32.2. The van der Waals surface area contributed by atoms with Gasteiger partial charge in [0.15, 0.2) is 6.29 Å². The van der Waals surface area contributed by atoms with Gasteiger partial charge in [-0.3, -0.25) is 0 Å². The zero-order valence-corrected chi connectivity index (χ0v) is 27.7. The Balaban J connectivity index is 1.15. The fourth-order valence-corrected chi connectivity index (χ4v) is 13.5. The lowest BCUT2D eigenvalue weighted by Gasteiger charge is -2.64. The molecule has 0 bridgehead atoms. The van der Waals surface area contributed by atoms with Crippen LogP contribution in [0.25, 0.3) is 0 Å². The number of ether oxygens (including phenoxy) is 3. The summed E-state index contributed by atoms with van der Waals surface area (Å²) in [6.45, 7) is 12.7. The molecule has 0 radical (unpaired) electrons. The van der Waals surface area contributed by atoms with E-state index in [9.17, 15) is 30.6 Å². The maximum absolute atomic E-state index is 11.9. The van der Waals surface area contributed by atoms with Crippen molar-refractivity contribution in [3.05, 3.63) is 0 Å². The Morgan fingerprint density at radius 3 is 2.16 bits per heavy atom. The highest BCUT2D eigenvalue weighted by atomic mass is 16.7. The quantitative estimate of drug-likeness (QED) is 0.255. The molecule has 5 aliphatic carbocycles. The van der Waals surface area contributed by atoms with Crippen molar-refractivity contribution in [3.63, 3.8) is 0 Å². The van der Waals surface area contributed by atoms with Gasteiger partial charge in [-0.2, -0.15) is 0 Å². The minimum Gasteiger partial charge on any atom is -0.396 e. The molecule has 6 N–H and O–H groups in total. The van der Waals surface area contributed by atoms with Crippen LogP contribution in [-0.2, 0) is 14.2 Å². The minimum absolute atomic E-state index is 0.0477. The molecule has 2 spiro atoms. The zero-order valence-electron chi connectivity index (χ0n) is 27.7. The molecule has 2 saturated heterocycles. The van der Waals surface area contributed by atoms with Crippen molar-refractivity contribution in [2.45, 2.75) is 160 Å². The lowest BCUT2D eigenvalue weighted by atomic mass is 9.41. The van der Waals surface area contributed by atoms with Gasteiger partial charge in [-0.1, -0.05) is 20.8 Å². The second-order valence-corrected chi connectivity index (χ2v) is 18.0. The Kier molecular flexibility index (Phi) is 7.21. The second-order valence-electron chi connectivity index (χ2n) is 18.0. The summed E-state index contributed by atoms with van der Waals surface area (Å²) < 4.78 is 18.8. The Labute approximate surface area is 262 Å².